The average molecular weight is 248 g/mol. The van der Waals surface area contributed by atoms with Crippen molar-refractivity contribution in [2.45, 2.75) is 19.4 Å². The number of hydrogen-bond donors (Lipinski definition) is 1. The van der Waals surface area contributed by atoms with Gasteiger partial charge in [-0.25, -0.2) is 4.98 Å². The van der Waals surface area contributed by atoms with E-state index in [9.17, 15) is 0 Å². The van der Waals surface area contributed by atoms with Gasteiger partial charge >= 0.3 is 0 Å². The summed E-state index contributed by atoms with van der Waals surface area (Å²) in [5.74, 6) is 0.637. The zero-order valence-electron chi connectivity index (χ0n) is 10.0. The number of hydrogen-bond acceptors (Lipinski definition) is 4. The largest absolute Gasteiger partial charge is 0.481 e. The minimum Gasteiger partial charge on any atom is -0.481 e. The summed E-state index contributed by atoms with van der Waals surface area (Å²) in [7, 11) is 1.63. The van der Waals surface area contributed by atoms with Gasteiger partial charge in [-0.05, 0) is 24.4 Å². The Morgan fingerprint density at radius 2 is 2.35 bits per heavy atom. The fourth-order valence-corrected chi connectivity index (χ4v) is 2.51. The summed E-state index contributed by atoms with van der Waals surface area (Å²) in [6.45, 7) is 2.17. The molecule has 2 rings (SSSR count). The van der Waals surface area contributed by atoms with Crippen molar-refractivity contribution in [2.75, 3.05) is 12.4 Å². The SMILES string of the molecule is COc1cc(NC(C)Cc2cccs2)ccn1. The zero-order chi connectivity index (χ0) is 12.1. The van der Waals surface area contributed by atoms with E-state index in [4.69, 9.17) is 4.74 Å². The van der Waals surface area contributed by atoms with Crippen LogP contribution in [-0.2, 0) is 6.42 Å². The maximum Gasteiger partial charge on any atom is 0.214 e. The lowest BCUT2D eigenvalue weighted by Gasteiger charge is -2.14. The third kappa shape index (κ3) is 3.46. The Balaban J connectivity index is 1.95. The molecule has 0 spiro atoms. The van der Waals surface area contributed by atoms with Crippen LogP contribution in [0.1, 0.15) is 11.8 Å². The number of nitrogens with one attached hydrogen (secondary N) is 1. The van der Waals surface area contributed by atoms with Crippen LogP contribution in [0.2, 0.25) is 0 Å². The van der Waals surface area contributed by atoms with Crippen LogP contribution in [0.15, 0.2) is 35.8 Å². The third-order valence-electron chi connectivity index (χ3n) is 2.44. The van der Waals surface area contributed by atoms with Crippen LogP contribution in [0.3, 0.4) is 0 Å². The van der Waals surface area contributed by atoms with E-state index < -0.39 is 0 Å². The van der Waals surface area contributed by atoms with Gasteiger partial charge in [-0.2, -0.15) is 0 Å². The van der Waals surface area contributed by atoms with Crippen molar-refractivity contribution in [3.63, 3.8) is 0 Å². The summed E-state index contributed by atoms with van der Waals surface area (Å²) in [5.41, 5.74) is 1.04. The Kier molecular flexibility index (Phi) is 3.98. The lowest BCUT2D eigenvalue weighted by Crippen LogP contribution is -2.17. The highest BCUT2D eigenvalue weighted by atomic mass is 32.1. The van der Waals surface area contributed by atoms with Gasteiger partial charge in [-0.1, -0.05) is 6.07 Å². The van der Waals surface area contributed by atoms with Gasteiger partial charge in [0.1, 0.15) is 0 Å². The summed E-state index contributed by atoms with van der Waals surface area (Å²) < 4.78 is 5.09. The molecule has 4 heteroatoms. The Morgan fingerprint density at radius 3 is 3.06 bits per heavy atom. The second-order valence-corrected chi connectivity index (χ2v) is 4.95. The monoisotopic (exact) mass is 248 g/mol. The molecule has 0 aliphatic rings. The number of anilines is 1. The molecule has 2 heterocycles. The van der Waals surface area contributed by atoms with Crippen LogP contribution in [-0.4, -0.2) is 18.1 Å². The minimum atomic E-state index is 0.390. The van der Waals surface area contributed by atoms with E-state index in [0.29, 0.717) is 11.9 Å². The van der Waals surface area contributed by atoms with Crippen LogP contribution >= 0.6 is 11.3 Å². The highest BCUT2D eigenvalue weighted by Crippen LogP contribution is 2.17. The maximum absolute atomic E-state index is 5.09. The van der Waals surface area contributed by atoms with E-state index in [1.54, 1.807) is 24.6 Å². The van der Waals surface area contributed by atoms with E-state index >= 15 is 0 Å². The van der Waals surface area contributed by atoms with E-state index in [-0.39, 0.29) is 0 Å². The molecule has 1 N–H and O–H groups in total. The maximum atomic E-state index is 5.09. The molecule has 2 aromatic heterocycles. The molecule has 0 saturated heterocycles. The smallest absolute Gasteiger partial charge is 0.214 e. The molecule has 0 radical (unpaired) electrons. The Bertz CT molecular complexity index is 456. The topological polar surface area (TPSA) is 34.1 Å². The number of thiophene rings is 1. The standard InChI is InChI=1S/C13H16N2OS/c1-10(8-12-4-3-7-17-12)15-11-5-6-14-13(9-11)16-2/h3-7,9-10H,8H2,1-2H3,(H,14,15). The molecule has 17 heavy (non-hydrogen) atoms. The van der Waals surface area contributed by atoms with Crippen molar-refractivity contribution >= 4 is 17.0 Å². The first-order chi connectivity index (χ1) is 8.28. The molecule has 0 aliphatic carbocycles. The summed E-state index contributed by atoms with van der Waals surface area (Å²) in [5, 5.41) is 5.55. The van der Waals surface area contributed by atoms with E-state index in [1.807, 2.05) is 12.1 Å². The van der Waals surface area contributed by atoms with E-state index in [1.165, 1.54) is 4.88 Å². The van der Waals surface area contributed by atoms with Crippen LogP contribution in [0, 0.1) is 0 Å². The molecule has 1 unspecified atom stereocenters. The van der Waals surface area contributed by atoms with Gasteiger partial charge in [0.2, 0.25) is 5.88 Å². The van der Waals surface area contributed by atoms with Crippen LogP contribution in [0.25, 0.3) is 0 Å². The number of nitrogens with zero attached hydrogens (tertiary/aromatic N) is 1. The number of methoxy groups -OCH3 is 1. The van der Waals surface area contributed by atoms with Gasteiger partial charge in [0.25, 0.3) is 0 Å². The van der Waals surface area contributed by atoms with Crippen molar-refractivity contribution in [1.29, 1.82) is 0 Å². The van der Waals surface area contributed by atoms with Gasteiger partial charge < -0.3 is 10.1 Å². The molecular weight excluding hydrogens is 232 g/mol. The summed E-state index contributed by atoms with van der Waals surface area (Å²) in [6, 6.07) is 8.50. The third-order valence-corrected chi connectivity index (χ3v) is 3.34. The van der Waals surface area contributed by atoms with E-state index in [0.717, 1.165) is 12.1 Å². The molecule has 0 aliphatic heterocycles. The molecule has 3 nitrogen and oxygen atoms in total. The predicted molar refractivity (Wildman–Crippen MR) is 71.9 cm³/mol. The Morgan fingerprint density at radius 1 is 1.47 bits per heavy atom. The van der Waals surface area contributed by atoms with Crippen LogP contribution in [0.4, 0.5) is 5.69 Å². The highest BCUT2D eigenvalue weighted by Gasteiger charge is 2.05. The van der Waals surface area contributed by atoms with Gasteiger partial charge in [-0.15, -0.1) is 11.3 Å². The minimum absolute atomic E-state index is 0.390. The summed E-state index contributed by atoms with van der Waals surface area (Å²) >= 11 is 1.79. The lowest BCUT2D eigenvalue weighted by molar-refractivity contribution is 0.398. The fourth-order valence-electron chi connectivity index (χ4n) is 1.68. The number of rotatable bonds is 5. The molecule has 0 bridgehead atoms. The normalized spacial score (nSPS) is 12.1. The van der Waals surface area contributed by atoms with Crippen LogP contribution < -0.4 is 10.1 Å². The van der Waals surface area contributed by atoms with Crippen molar-refractivity contribution in [3.05, 3.63) is 40.7 Å². The van der Waals surface area contributed by atoms with Crippen molar-refractivity contribution in [2.24, 2.45) is 0 Å². The second kappa shape index (κ2) is 5.68. The molecular formula is C13H16N2OS. The number of pyridine rings is 1. The van der Waals surface area contributed by atoms with Crippen molar-refractivity contribution in [3.8, 4) is 5.88 Å². The van der Waals surface area contributed by atoms with Gasteiger partial charge in [0.05, 0.1) is 7.11 Å². The zero-order valence-corrected chi connectivity index (χ0v) is 10.8. The summed E-state index contributed by atoms with van der Waals surface area (Å²) in [6.07, 6.45) is 2.78. The predicted octanol–water partition coefficient (Wildman–Crippen LogP) is 3.19. The first-order valence-corrected chi connectivity index (χ1v) is 6.45. The first kappa shape index (κ1) is 11.9. The Labute approximate surface area is 105 Å². The number of aromatic nitrogens is 1. The fraction of sp³-hybridized carbons (Fsp3) is 0.308. The van der Waals surface area contributed by atoms with Crippen LogP contribution in [0.5, 0.6) is 5.88 Å². The van der Waals surface area contributed by atoms with Crippen molar-refractivity contribution in [1.82, 2.24) is 4.98 Å². The molecule has 0 aromatic carbocycles. The average Bonchev–Trinajstić information content (AvgIpc) is 2.82. The quantitative estimate of drug-likeness (QED) is 0.882. The second-order valence-electron chi connectivity index (χ2n) is 3.92. The summed E-state index contributed by atoms with van der Waals surface area (Å²) in [4.78, 5) is 5.48. The van der Waals surface area contributed by atoms with Crippen molar-refractivity contribution < 1.29 is 4.74 Å². The first-order valence-electron chi connectivity index (χ1n) is 5.57. The van der Waals surface area contributed by atoms with Gasteiger partial charge in [0, 0.05) is 35.3 Å². The molecule has 90 valence electrons. The van der Waals surface area contributed by atoms with Gasteiger partial charge in [-0.3, -0.25) is 0 Å². The lowest BCUT2D eigenvalue weighted by atomic mass is 10.2. The van der Waals surface area contributed by atoms with Gasteiger partial charge in [0.15, 0.2) is 0 Å². The molecule has 1 atom stereocenters. The molecule has 2 aromatic rings. The molecule has 0 fully saturated rings. The molecule has 0 saturated carbocycles. The molecule has 0 amide bonds. The van der Waals surface area contributed by atoms with E-state index in [2.05, 4.69) is 34.7 Å². The number of ether oxygens (including phenoxy) is 1. The Hall–Kier alpha value is -1.55. The highest BCUT2D eigenvalue weighted by molar-refractivity contribution is 7.09.